The molecule has 0 amide bonds. The Balaban J connectivity index is 2.45. The second kappa shape index (κ2) is 3.56. The van der Waals surface area contributed by atoms with E-state index in [1.165, 1.54) is 0 Å². The number of hydrogen-bond acceptors (Lipinski definition) is 5. The van der Waals surface area contributed by atoms with E-state index in [0.29, 0.717) is 11.9 Å². The second-order valence-electron chi connectivity index (χ2n) is 3.28. The molecular formula is C9H12N6. The van der Waals surface area contributed by atoms with Crippen LogP contribution in [0.3, 0.4) is 0 Å². The quantitative estimate of drug-likeness (QED) is 0.762. The minimum Gasteiger partial charge on any atom is -0.368 e. The Morgan fingerprint density at radius 3 is 2.47 bits per heavy atom. The van der Waals surface area contributed by atoms with Crippen LogP contribution in [0.5, 0.6) is 0 Å². The van der Waals surface area contributed by atoms with E-state index in [2.05, 4.69) is 15.1 Å². The first-order valence-corrected chi connectivity index (χ1v) is 4.49. The van der Waals surface area contributed by atoms with Gasteiger partial charge in [-0.1, -0.05) is 0 Å². The highest BCUT2D eigenvalue weighted by Gasteiger charge is 2.09. The number of aromatic nitrogens is 4. The molecule has 2 rings (SSSR count). The highest BCUT2D eigenvalue weighted by molar-refractivity contribution is 5.41. The van der Waals surface area contributed by atoms with E-state index >= 15 is 0 Å². The van der Waals surface area contributed by atoms with Gasteiger partial charge in [-0.25, -0.2) is 0 Å². The summed E-state index contributed by atoms with van der Waals surface area (Å²) in [7, 11) is 3.73. The third-order valence-corrected chi connectivity index (χ3v) is 1.93. The standard InChI is InChI=1S/C9H12N6/c1-14(2)9-12-8(10)15(13-9)7-3-5-11-6-4-7/h3-6H,1-2H3,(H2,10,12,13). The molecule has 6 heteroatoms. The van der Waals surface area contributed by atoms with Crippen molar-refractivity contribution in [3.8, 4) is 5.69 Å². The predicted octanol–water partition coefficient (Wildman–Crippen LogP) is 0.310. The maximum Gasteiger partial charge on any atom is 0.246 e. The molecule has 0 saturated heterocycles. The zero-order valence-electron chi connectivity index (χ0n) is 8.62. The summed E-state index contributed by atoms with van der Waals surface area (Å²) in [4.78, 5) is 9.85. The number of anilines is 2. The molecule has 2 aromatic heterocycles. The van der Waals surface area contributed by atoms with E-state index in [9.17, 15) is 0 Å². The fraction of sp³-hybridized carbons (Fsp3) is 0.222. The van der Waals surface area contributed by atoms with Crippen LogP contribution in [0.4, 0.5) is 11.9 Å². The molecule has 2 N–H and O–H groups in total. The van der Waals surface area contributed by atoms with Crippen molar-refractivity contribution in [3.63, 3.8) is 0 Å². The Labute approximate surface area is 87.4 Å². The first-order chi connectivity index (χ1) is 7.18. The number of pyridine rings is 1. The van der Waals surface area contributed by atoms with Gasteiger partial charge >= 0.3 is 0 Å². The molecule has 0 atom stereocenters. The van der Waals surface area contributed by atoms with Crippen molar-refractivity contribution in [2.75, 3.05) is 24.7 Å². The van der Waals surface area contributed by atoms with E-state index in [1.807, 2.05) is 26.2 Å². The van der Waals surface area contributed by atoms with Gasteiger partial charge in [0.1, 0.15) is 0 Å². The van der Waals surface area contributed by atoms with Crippen LogP contribution < -0.4 is 10.6 Å². The van der Waals surface area contributed by atoms with Gasteiger partial charge in [-0.15, -0.1) is 5.10 Å². The van der Waals surface area contributed by atoms with Gasteiger partial charge in [-0.2, -0.15) is 9.67 Å². The van der Waals surface area contributed by atoms with Gasteiger partial charge in [0.15, 0.2) is 0 Å². The van der Waals surface area contributed by atoms with Crippen LogP contribution in [0.15, 0.2) is 24.5 Å². The van der Waals surface area contributed by atoms with Crippen LogP contribution in [0, 0.1) is 0 Å². The zero-order chi connectivity index (χ0) is 10.8. The number of nitrogens with two attached hydrogens (primary N) is 1. The Morgan fingerprint density at radius 2 is 1.93 bits per heavy atom. The summed E-state index contributed by atoms with van der Waals surface area (Å²) >= 11 is 0. The van der Waals surface area contributed by atoms with Gasteiger partial charge in [0.25, 0.3) is 0 Å². The molecule has 2 heterocycles. The molecule has 78 valence electrons. The predicted molar refractivity (Wildman–Crippen MR) is 57.9 cm³/mol. The van der Waals surface area contributed by atoms with Gasteiger partial charge in [0.2, 0.25) is 11.9 Å². The minimum absolute atomic E-state index is 0.366. The molecule has 0 saturated carbocycles. The van der Waals surface area contributed by atoms with Gasteiger partial charge in [0.05, 0.1) is 5.69 Å². The summed E-state index contributed by atoms with van der Waals surface area (Å²) in [6, 6.07) is 3.65. The van der Waals surface area contributed by atoms with Gasteiger partial charge in [-0.05, 0) is 12.1 Å². The smallest absolute Gasteiger partial charge is 0.246 e. The van der Waals surface area contributed by atoms with Crippen molar-refractivity contribution >= 4 is 11.9 Å². The highest BCUT2D eigenvalue weighted by atomic mass is 15.4. The van der Waals surface area contributed by atoms with Crippen LogP contribution in [-0.2, 0) is 0 Å². The van der Waals surface area contributed by atoms with Crippen molar-refractivity contribution in [1.82, 2.24) is 19.7 Å². The van der Waals surface area contributed by atoms with Crippen molar-refractivity contribution in [3.05, 3.63) is 24.5 Å². The summed E-state index contributed by atoms with van der Waals surface area (Å²) < 4.78 is 1.58. The molecule has 0 unspecified atom stereocenters. The van der Waals surface area contributed by atoms with Crippen molar-refractivity contribution in [1.29, 1.82) is 0 Å². The van der Waals surface area contributed by atoms with Crippen LogP contribution in [0.2, 0.25) is 0 Å². The summed E-state index contributed by atoms with van der Waals surface area (Å²) in [5, 5.41) is 4.26. The molecule has 6 nitrogen and oxygen atoms in total. The topological polar surface area (TPSA) is 72.9 Å². The molecule has 2 aromatic rings. The molecule has 0 aliphatic rings. The van der Waals surface area contributed by atoms with E-state index in [1.54, 1.807) is 22.0 Å². The fourth-order valence-corrected chi connectivity index (χ4v) is 1.18. The number of rotatable bonds is 2. The summed E-state index contributed by atoms with van der Waals surface area (Å²) in [5.41, 5.74) is 6.60. The Kier molecular flexibility index (Phi) is 2.24. The lowest BCUT2D eigenvalue weighted by molar-refractivity contribution is 0.872. The first-order valence-electron chi connectivity index (χ1n) is 4.49. The molecule has 0 fully saturated rings. The highest BCUT2D eigenvalue weighted by Crippen LogP contribution is 2.13. The van der Waals surface area contributed by atoms with Crippen LogP contribution >= 0.6 is 0 Å². The van der Waals surface area contributed by atoms with Crippen molar-refractivity contribution in [2.24, 2.45) is 0 Å². The summed E-state index contributed by atoms with van der Waals surface area (Å²) in [6.45, 7) is 0. The molecule has 0 spiro atoms. The lowest BCUT2D eigenvalue weighted by atomic mass is 10.4. The van der Waals surface area contributed by atoms with E-state index in [0.717, 1.165) is 5.69 Å². The van der Waals surface area contributed by atoms with Gasteiger partial charge < -0.3 is 10.6 Å². The Morgan fingerprint density at radius 1 is 1.27 bits per heavy atom. The van der Waals surface area contributed by atoms with Crippen LogP contribution in [-0.4, -0.2) is 33.8 Å². The largest absolute Gasteiger partial charge is 0.368 e. The number of hydrogen-bond donors (Lipinski definition) is 1. The number of nitrogen functional groups attached to an aromatic ring is 1. The van der Waals surface area contributed by atoms with Crippen LogP contribution in [0.25, 0.3) is 5.69 Å². The van der Waals surface area contributed by atoms with Crippen molar-refractivity contribution in [2.45, 2.75) is 0 Å². The first kappa shape index (κ1) is 9.45. The SMILES string of the molecule is CN(C)c1nc(N)n(-c2ccncc2)n1. The third-order valence-electron chi connectivity index (χ3n) is 1.93. The fourth-order valence-electron chi connectivity index (χ4n) is 1.18. The molecule has 0 aliphatic heterocycles. The molecule has 0 radical (unpaired) electrons. The third kappa shape index (κ3) is 1.74. The molecule has 0 bridgehead atoms. The monoisotopic (exact) mass is 204 g/mol. The number of nitrogens with zero attached hydrogens (tertiary/aromatic N) is 5. The maximum absolute atomic E-state index is 5.75. The second-order valence-corrected chi connectivity index (χ2v) is 3.28. The van der Waals surface area contributed by atoms with Gasteiger partial charge in [0, 0.05) is 26.5 Å². The maximum atomic E-state index is 5.75. The molecule has 15 heavy (non-hydrogen) atoms. The average Bonchev–Trinajstić information content (AvgIpc) is 2.62. The lowest BCUT2D eigenvalue weighted by Gasteiger charge is -2.04. The minimum atomic E-state index is 0.366. The van der Waals surface area contributed by atoms with E-state index in [-0.39, 0.29) is 0 Å². The van der Waals surface area contributed by atoms with E-state index < -0.39 is 0 Å². The molecular weight excluding hydrogens is 192 g/mol. The van der Waals surface area contributed by atoms with E-state index in [4.69, 9.17) is 5.73 Å². The average molecular weight is 204 g/mol. The van der Waals surface area contributed by atoms with Crippen LogP contribution in [0.1, 0.15) is 0 Å². The van der Waals surface area contributed by atoms with Gasteiger partial charge in [-0.3, -0.25) is 4.98 Å². The normalized spacial score (nSPS) is 10.3. The molecule has 0 aromatic carbocycles. The lowest BCUT2D eigenvalue weighted by Crippen LogP contribution is -2.10. The Bertz CT molecular complexity index is 447. The Hall–Kier alpha value is -2.11. The summed E-state index contributed by atoms with van der Waals surface area (Å²) in [5.74, 6) is 0.953. The summed E-state index contributed by atoms with van der Waals surface area (Å²) in [6.07, 6.45) is 3.37. The molecule has 0 aliphatic carbocycles. The van der Waals surface area contributed by atoms with Crippen molar-refractivity contribution < 1.29 is 0 Å². The zero-order valence-corrected chi connectivity index (χ0v) is 8.62.